The average Bonchev–Trinajstić information content (AvgIpc) is 3.10. The SMILES string of the molecule is COC(=O)c1cccc(Cn2c(-c3ccccc3)cc3cc(OC(F)(F)F)ccc32)c1. The Hall–Kier alpha value is -3.74. The zero-order valence-corrected chi connectivity index (χ0v) is 16.5. The van der Waals surface area contributed by atoms with Crippen LogP contribution in [0.2, 0.25) is 0 Å². The first-order chi connectivity index (χ1) is 14.8. The molecule has 0 aliphatic carbocycles. The van der Waals surface area contributed by atoms with Gasteiger partial charge in [0.25, 0.3) is 0 Å². The molecule has 0 radical (unpaired) electrons. The highest BCUT2D eigenvalue weighted by atomic mass is 19.4. The monoisotopic (exact) mass is 425 g/mol. The van der Waals surface area contributed by atoms with Gasteiger partial charge in [-0.2, -0.15) is 0 Å². The van der Waals surface area contributed by atoms with Crippen LogP contribution in [0, 0.1) is 0 Å². The molecule has 0 fully saturated rings. The predicted molar refractivity (Wildman–Crippen MR) is 111 cm³/mol. The lowest BCUT2D eigenvalue weighted by Gasteiger charge is -2.13. The molecular weight excluding hydrogens is 407 g/mol. The maximum absolute atomic E-state index is 12.6. The number of rotatable bonds is 5. The van der Waals surface area contributed by atoms with Crippen LogP contribution in [-0.4, -0.2) is 24.0 Å². The van der Waals surface area contributed by atoms with Gasteiger partial charge in [-0.05, 0) is 47.5 Å². The molecule has 31 heavy (non-hydrogen) atoms. The third-order valence-corrected chi connectivity index (χ3v) is 4.86. The van der Waals surface area contributed by atoms with Crippen molar-refractivity contribution >= 4 is 16.9 Å². The van der Waals surface area contributed by atoms with Gasteiger partial charge in [0.15, 0.2) is 0 Å². The van der Waals surface area contributed by atoms with Crippen LogP contribution in [0.25, 0.3) is 22.2 Å². The molecule has 1 aromatic heterocycles. The quantitative estimate of drug-likeness (QED) is 0.366. The van der Waals surface area contributed by atoms with Gasteiger partial charge in [0.1, 0.15) is 5.75 Å². The number of hydrogen-bond donors (Lipinski definition) is 0. The molecule has 3 aromatic carbocycles. The van der Waals surface area contributed by atoms with Crippen LogP contribution in [0.15, 0.2) is 78.9 Å². The lowest BCUT2D eigenvalue weighted by molar-refractivity contribution is -0.274. The molecule has 4 rings (SSSR count). The van der Waals surface area contributed by atoms with E-state index in [2.05, 4.69) is 4.74 Å². The molecule has 0 aliphatic heterocycles. The van der Waals surface area contributed by atoms with Crippen molar-refractivity contribution in [2.24, 2.45) is 0 Å². The Labute approximate surface area is 176 Å². The fourth-order valence-corrected chi connectivity index (χ4v) is 3.56. The van der Waals surface area contributed by atoms with E-state index in [0.29, 0.717) is 17.5 Å². The van der Waals surface area contributed by atoms with E-state index in [4.69, 9.17) is 4.74 Å². The number of carbonyl (C=O) groups is 1. The van der Waals surface area contributed by atoms with Gasteiger partial charge in [-0.15, -0.1) is 13.2 Å². The molecule has 0 amide bonds. The summed E-state index contributed by atoms with van der Waals surface area (Å²) in [6.45, 7) is 0.415. The molecule has 4 nitrogen and oxygen atoms in total. The zero-order chi connectivity index (χ0) is 22.0. The Morgan fingerprint density at radius 1 is 0.935 bits per heavy atom. The highest BCUT2D eigenvalue weighted by molar-refractivity contribution is 5.90. The number of nitrogens with zero attached hydrogens (tertiary/aromatic N) is 1. The Morgan fingerprint density at radius 2 is 1.71 bits per heavy atom. The van der Waals surface area contributed by atoms with Crippen molar-refractivity contribution in [1.29, 1.82) is 0 Å². The second-order valence-corrected chi connectivity index (χ2v) is 6.94. The van der Waals surface area contributed by atoms with E-state index in [0.717, 1.165) is 22.3 Å². The summed E-state index contributed by atoms with van der Waals surface area (Å²) in [7, 11) is 1.32. The smallest absolute Gasteiger partial charge is 0.465 e. The first-order valence-corrected chi connectivity index (χ1v) is 9.46. The maximum Gasteiger partial charge on any atom is 0.573 e. The van der Waals surface area contributed by atoms with Gasteiger partial charge in [-0.25, -0.2) is 4.79 Å². The molecule has 0 aliphatic rings. The molecule has 4 aromatic rings. The van der Waals surface area contributed by atoms with Crippen molar-refractivity contribution in [1.82, 2.24) is 4.57 Å². The van der Waals surface area contributed by atoms with Crippen molar-refractivity contribution in [3.63, 3.8) is 0 Å². The molecule has 0 unspecified atom stereocenters. The van der Waals surface area contributed by atoms with Gasteiger partial charge in [0, 0.05) is 23.1 Å². The van der Waals surface area contributed by atoms with E-state index in [9.17, 15) is 18.0 Å². The van der Waals surface area contributed by atoms with E-state index < -0.39 is 12.3 Å². The minimum atomic E-state index is -4.76. The number of fused-ring (bicyclic) bond motifs is 1. The predicted octanol–water partition coefficient (Wildman–Crippen LogP) is 6.04. The Bertz CT molecular complexity index is 1230. The summed E-state index contributed by atoms with van der Waals surface area (Å²) in [6, 6.07) is 22.7. The Balaban J connectivity index is 1.81. The van der Waals surface area contributed by atoms with E-state index in [1.54, 1.807) is 24.3 Å². The van der Waals surface area contributed by atoms with Gasteiger partial charge in [-0.3, -0.25) is 0 Å². The third kappa shape index (κ3) is 4.55. The third-order valence-electron chi connectivity index (χ3n) is 4.86. The van der Waals surface area contributed by atoms with Gasteiger partial charge >= 0.3 is 12.3 Å². The number of hydrogen-bond acceptors (Lipinski definition) is 3. The number of benzene rings is 3. The van der Waals surface area contributed by atoms with Gasteiger partial charge in [0.2, 0.25) is 0 Å². The number of methoxy groups -OCH3 is 1. The summed E-state index contributed by atoms with van der Waals surface area (Å²) in [5, 5.41) is 0.615. The Morgan fingerprint density at radius 3 is 2.42 bits per heavy atom. The van der Waals surface area contributed by atoms with Crippen LogP contribution in [-0.2, 0) is 11.3 Å². The number of alkyl halides is 3. The van der Waals surface area contributed by atoms with Crippen LogP contribution in [0.5, 0.6) is 5.75 Å². The van der Waals surface area contributed by atoms with Crippen molar-refractivity contribution in [2.75, 3.05) is 7.11 Å². The number of carbonyl (C=O) groups excluding carboxylic acids is 1. The van der Waals surface area contributed by atoms with Crippen LogP contribution >= 0.6 is 0 Å². The summed E-state index contributed by atoms with van der Waals surface area (Å²) >= 11 is 0. The lowest BCUT2D eigenvalue weighted by atomic mass is 10.1. The van der Waals surface area contributed by atoms with Crippen LogP contribution in [0.1, 0.15) is 15.9 Å². The van der Waals surface area contributed by atoms with Crippen molar-refractivity contribution in [3.05, 3.63) is 90.0 Å². The van der Waals surface area contributed by atoms with Crippen LogP contribution in [0.4, 0.5) is 13.2 Å². The fourth-order valence-electron chi connectivity index (χ4n) is 3.56. The largest absolute Gasteiger partial charge is 0.573 e. The molecule has 7 heteroatoms. The minimum Gasteiger partial charge on any atom is -0.465 e. The zero-order valence-electron chi connectivity index (χ0n) is 16.5. The second-order valence-electron chi connectivity index (χ2n) is 6.94. The first-order valence-electron chi connectivity index (χ1n) is 9.46. The number of esters is 1. The lowest BCUT2D eigenvalue weighted by Crippen LogP contribution is -2.17. The summed E-state index contributed by atoms with van der Waals surface area (Å²) in [5.41, 5.74) is 3.79. The van der Waals surface area contributed by atoms with Crippen molar-refractivity contribution < 1.29 is 27.4 Å². The molecule has 158 valence electrons. The first kappa shape index (κ1) is 20.5. The second kappa shape index (κ2) is 8.18. The topological polar surface area (TPSA) is 40.5 Å². The normalized spacial score (nSPS) is 11.5. The van der Waals surface area contributed by atoms with Gasteiger partial charge in [-0.1, -0.05) is 42.5 Å². The van der Waals surface area contributed by atoms with Crippen LogP contribution < -0.4 is 4.74 Å². The summed E-state index contributed by atoms with van der Waals surface area (Å²) in [4.78, 5) is 11.9. The summed E-state index contributed by atoms with van der Waals surface area (Å²) in [5.74, 6) is -0.708. The van der Waals surface area contributed by atoms with Crippen molar-refractivity contribution in [2.45, 2.75) is 12.9 Å². The highest BCUT2D eigenvalue weighted by Crippen LogP contribution is 2.33. The molecule has 0 bridgehead atoms. The summed E-state index contributed by atoms with van der Waals surface area (Å²) < 4.78 is 48.8. The molecular formula is C24H18F3NO3. The van der Waals surface area contributed by atoms with E-state index in [1.807, 2.05) is 47.0 Å². The molecule has 0 N–H and O–H groups in total. The number of ether oxygens (including phenoxy) is 2. The standard InChI is InChI=1S/C24H18F3NO3/c1-30-23(29)18-9-5-6-16(12-18)15-28-21-11-10-20(31-24(25,26)27)13-19(21)14-22(28)17-7-3-2-4-8-17/h2-14H,15H2,1H3. The maximum atomic E-state index is 12.6. The molecule has 0 atom stereocenters. The van der Waals surface area contributed by atoms with E-state index in [-0.39, 0.29) is 5.75 Å². The molecule has 1 heterocycles. The average molecular weight is 425 g/mol. The van der Waals surface area contributed by atoms with E-state index in [1.165, 1.54) is 19.2 Å². The minimum absolute atomic E-state index is 0.274. The molecule has 0 saturated heterocycles. The highest BCUT2D eigenvalue weighted by Gasteiger charge is 2.31. The van der Waals surface area contributed by atoms with Gasteiger partial charge in [0.05, 0.1) is 12.7 Å². The number of aromatic nitrogens is 1. The van der Waals surface area contributed by atoms with E-state index >= 15 is 0 Å². The summed E-state index contributed by atoms with van der Waals surface area (Å²) in [6.07, 6.45) is -4.76. The molecule has 0 saturated carbocycles. The molecule has 0 spiro atoms. The van der Waals surface area contributed by atoms with Crippen molar-refractivity contribution in [3.8, 4) is 17.0 Å². The van der Waals surface area contributed by atoms with Gasteiger partial charge < -0.3 is 14.0 Å². The Kier molecular flexibility index (Phi) is 5.42. The number of halogens is 3. The fraction of sp³-hybridized carbons (Fsp3) is 0.125. The van der Waals surface area contributed by atoms with Crippen LogP contribution in [0.3, 0.4) is 0 Å².